The Morgan fingerprint density at radius 2 is 2.12 bits per heavy atom. The summed E-state index contributed by atoms with van der Waals surface area (Å²) in [6, 6.07) is 1.55. The van der Waals surface area contributed by atoms with Gasteiger partial charge in [-0.15, -0.1) is 0 Å². The van der Waals surface area contributed by atoms with Crippen molar-refractivity contribution in [1.29, 1.82) is 0 Å². The Labute approximate surface area is 91.9 Å². The minimum atomic E-state index is -1.60. The number of furan rings is 1. The first-order chi connectivity index (χ1) is 7.41. The van der Waals surface area contributed by atoms with Crippen LogP contribution in [-0.4, -0.2) is 34.7 Å². The standard InChI is InChI=1S/C10H13NO5/c1-5-3-7(6(2)16-5)9(13)11-4-8(12)10(14)15/h3,8,12H,4H2,1-2H3,(H,11,13)(H,14,15). The molecule has 1 unspecified atom stereocenters. The number of carbonyl (C=O) groups is 2. The lowest BCUT2D eigenvalue weighted by Crippen LogP contribution is -2.36. The minimum Gasteiger partial charge on any atom is -0.479 e. The zero-order valence-corrected chi connectivity index (χ0v) is 8.98. The van der Waals surface area contributed by atoms with E-state index in [2.05, 4.69) is 5.32 Å². The maximum atomic E-state index is 11.5. The minimum absolute atomic E-state index is 0.335. The number of aryl methyl sites for hydroxylation is 2. The number of aliphatic hydroxyl groups excluding tert-OH is 1. The second kappa shape index (κ2) is 4.80. The molecule has 6 heteroatoms. The smallest absolute Gasteiger partial charge is 0.334 e. The topological polar surface area (TPSA) is 99.8 Å². The number of aliphatic carboxylic acids is 1. The summed E-state index contributed by atoms with van der Waals surface area (Å²) in [7, 11) is 0. The summed E-state index contributed by atoms with van der Waals surface area (Å²) in [6.45, 7) is 3.00. The Balaban J connectivity index is 2.60. The molecule has 0 aliphatic heterocycles. The number of aliphatic hydroxyl groups is 1. The molecule has 0 bridgehead atoms. The number of hydrogen-bond acceptors (Lipinski definition) is 4. The number of nitrogens with one attached hydrogen (secondary N) is 1. The van der Waals surface area contributed by atoms with Gasteiger partial charge in [-0.05, 0) is 19.9 Å². The van der Waals surface area contributed by atoms with E-state index in [1.807, 2.05) is 0 Å². The average Bonchev–Trinajstić information content (AvgIpc) is 2.53. The van der Waals surface area contributed by atoms with Gasteiger partial charge < -0.3 is 19.9 Å². The van der Waals surface area contributed by atoms with Gasteiger partial charge in [0.25, 0.3) is 5.91 Å². The number of amides is 1. The van der Waals surface area contributed by atoms with Crippen molar-refractivity contribution in [3.63, 3.8) is 0 Å². The van der Waals surface area contributed by atoms with Crippen LogP contribution in [0.4, 0.5) is 0 Å². The van der Waals surface area contributed by atoms with E-state index in [-0.39, 0.29) is 6.54 Å². The quantitative estimate of drug-likeness (QED) is 0.676. The fourth-order valence-corrected chi connectivity index (χ4v) is 1.23. The van der Waals surface area contributed by atoms with E-state index >= 15 is 0 Å². The Morgan fingerprint density at radius 1 is 1.50 bits per heavy atom. The Bertz CT molecular complexity index is 409. The molecule has 1 amide bonds. The van der Waals surface area contributed by atoms with Crippen LogP contribution in [0.5, 0.6) is 0 Å². The van der Waals surface area contributed by atoms with E-state index < -0.39 is 18.0 Å². The van der Waals surface area contributed by atoms with Crippen LogP contribution in [-0.2, 0) is 4.79 Å². The van der Waals surface area contributed by atoms with Gasteiger partial charge in [0.15, 0.2) is 6.10 Å². The molecule has 16 heavy (non-hydrogen) atoms. The Morgan fingerprint density at radius 3 is 2.56 bits per heavy atom. The van der Waals surface area contributed by atoms with Gasteiger partial charge in [-0.2, -0.15) is 0 Å². The fraction of sp³-hybridized carbons (Fsp3) is 0.400. The molecule has 1 atom stereocenters. The summed E-state index contributed by atoms with van der Waals surface area (Å²) < 4.78 is 5.15. The van der Waals surface area contributed by atoms with Crippen LogP contribution < -0.4 is 5.32 Å². The second-order valence-corrected chi connectivity index (χ2v) is 3.39. The van der Waals surface area contributed by atoms with Crippen LogP contribution >= 0.6 is 0 Å². The highest BCUT2D eigenvalue weighted by molar-refractivity contribution is 5.95. The third-order valence-electron chi connectivity index (χ3n) is 2.03. The molecule has 1 aromatic rings. The highest BCUT2D eigenvalue weighted by Gasteiger charge is 2.17. The largest absolute Gasteiger partial charge is 0.479 e. The normalized spacial score (nSPS) is 12.2. The Hall–Kier alpha value is -1.82. The van der Waals surface area contributed by atoms with Crippen LogP contribution in [0.25, 0.3) is 0 Å². The lowest BCUT2D eigenvalue weighted by atomic mass is 10.2. The molecule has 1 rings (SSSR count). The van der Waals surface area contributed by atoms with Crippen LogP contribution in [0.1, 0.15) is 21.9 Å². The van der Waals surface area contributed by atoms with E-state index in [4.69, 9.17) is 14.6 Å². The van der Waals surface area contributed by atoms with Gasteiger partial charge in [-0.1, -0.05) is 0 Å². The molecule has 0 aliphatic carbocycles. The Kier molecular flexibility index (Phi) is 3.68. The van der Waals surface area contributed by atoms with E-state index in [0.29, 0.717) is 17.1 Å². The molecule has 0 radical (unpaired) electrons. The summed E-state index contributed by atoms with van der Waals surface area (Å²) in [5, 5.41) is 19.7. The van der Waals surface area contributed by atoms with Gasteiger partial charge in [0.2, 0.25) is 0 Å². The second-order valence-electron chi connectivity index (χ2n) is 3.39. The van der Waals surface area contributed by atoms with Crippen molar-refractivity contribution in [2.75, 3.05) is 6.54 Å². The number of hydrogen-bond donors (Lipinski definition) is 3. The molecule has 0 fully saturated rings. The maximum Gasteiger partial charge on any atom is 0.334 e. The van der Waals surface area contributed by atoms with Gasteiger partial charge in [0.05, 0.1) is 12.1 Å². The highest BCUT2D eigenvalue weighted by atomic mass is 16.4. The van der Waals surface area contributed by atoms with Crippen LogP contribution in [0.3, 0.4) is 0 Å². The molecule has 0 aliphatic rings. The molecule has 0 saturated heterocycles. The van der Waals surface area contributed by atoms with Crippen molar-refractivity contribution in [1.82, 2.24) is 5.32 Å². The molecule has 88 valence electrons. The van der Waals surface area contributed by atoms with Crippen molar-refractivity contribution in [2.45, 2.75) is 20.0 Å². The monoisotopic (exact) mass is 227 g/mol. The first kappa shape index (κ1) is 12.3. The molecule has 1 heterocycles. The molecule has 0 spiro atoms. The molecule has 3 N–H and O–H groups in total. The van der Waals surface area contributed by atoms with Crippen LogP contribution in [0.15, 0.2) is 10.5 Å². The fourth-order valence-electron chi connectivity index (χ4n) is 1.23. The third-order valence-corrected chi connectivity index (χ3v) is 2.03. The zero-order chi connectivity index (χ0) is 12.3. The summed E-state index contributed by atoms with van der Waals surface area (Å²) >= 11 is 0. The van der Waals surface area contributed by atoms with Gasteiger partial charge in [-0.3, -0.25) is 4.79 Å². The lowest BCUT2D eigenvalue weighted by Gasteiger charge is -2.06. The molecule has 1 aromatic heterocycles. The summed E-state index contributed by atoms with van der Waals surface area (Å²) in [5.74, 6) is -0.781. The summed E-state index contributed by atoms with van der Waals surface area (Å²) in [6.07, 6.45) is -1.60. The average molecular weight is 227 g/mol. The van der Waals surface area contributed by atoms with Gasteiger partial charge in [0, 0.05) is 0 Å². The van der Waals surface area contributed by atoms with Crippen LogP contribution in [0.2, 0.25) is 0 Å². The zero-order valence-electron chi connectivity index (χ0n) is 8.98. The first-order valence-electron chi connectivity index (χ1n) is 4.68. The number of rotatable bonds is 4. The molecular formula is C10H13NO5. The van der Waals surface area contributed by atoms with Crippen molar-refractivity contribution in [2.24, 2.45) is 0 Å². The molecule has 0 aromatic carbocycles. The summed E-state index contributed by atoms with van der Waals surface area (Å²) in [5.41, 5.74) is 0.343. The maximum absolute atomic E-state index is 11.5. The van der Waals surface area contributed by atoms with Gasteiger partial charge >= 0.3 is 5.97 Å². The SMILES string of the molecule is Cc1cc(C(=O)NCC(O)C(=O)O)c(C)o1. The van der Waals surface area contributed by atoms with Gasteiger partial charge in [0.1, 0.15) is 11.5 Å². The predicted octanol–water partition coefficient (Wildman–Crippen LogP) is 0.0717. The van der Waals surface area contributed by atoms with E-state index in [0.717, 1.165) is 0 Å². The number of carboxylic acids is 1. The van der Waals surface area contributed by atoms with Gasteiger partial charge in [-0.25, -0.2) is 4.79 Å². The predicted molar refractivity (Wildman–Crippen MR) is 54.2 cm³/mol. The molecule has 0 saturated carbocycles. The van der Waals surface area contributed by atoms with Crippen molar-refractivity contribution >= 4 is 11.9 Å². The lowest BCUT2D eigenvalue weighted by molar-refractivity contribution is -0.146. The van der Waals surface area contributed by atoms with Crippen LogP contribution in [0, 0.1) is 13.8 Å². The molecular weight excluding hydrogens is 214 g/mol. The number of carbonyl (C=O) groups excluding carboxylic acids is 1. The highest BCUT2D eigenvalue weighted by Crippen LogP contribution is 2.13. The van der Waals surface area contributed by atoms with E-state index in [9.17, 15) is 9.59 Å². The van der Waals surface area contributed by atoms with Crippen molar-refractivity contribution < 1.29 is 24.2 Å². The van der Waals surface area contributed by atoms with E-state index in [1.54, 1.807) is 19.9 Å². The van der Waals surface area contributed by atoms with Crippen molar-refractivity contribution in [3.8, 4) is 0 Å². The first-order valence-corrected chi connectivity index (χ1v) is 4.68. The van der Waals surface area contributed by atoms with Crippen molar-refractivity contribution in [3.05, 3.63) is 23.2 Å². The summed E-state index contributed by atoms with van der Waals surface area (Å²) in [4.78, 5) is 21.8. The number of carboxylic acid groups (broad SMARTS) is 1. The third kappa shape index (κ3) is 2.83. The van der Waals surface area contributed by atoms with E-state index in [1.165, 1.54) is 0 Å². The molecule has 6 nitrogen and oxygen atoms in total.